The van der Waals surface area contributed by atoms with E-state index < -0.39 is 5.41 Å². The van der Waals surface area contributed by atoms with Gasteiger partial charge in [0.05, 0.1) is 6.07 Å². The lowest BCUT2D eigenvalue weighted by Crippen LogP contribution is -2.23. The van der Waals surface area contributed by atoms with Gasteiger partial charge in [-0.25, -0.2) is 0 Å². The summed E-state index contributed by atoms with van der Waals surface area (Å²) in [5.74, 6) is 1.01. The van der Waals surface area contributed by atoms with Gasteiger partial charge in [-0.2, -0.15) is 5.26 Å². The van der Waals surface area contributed by atoms with Gasteiger partial charge in [-0.1, -0.05) is 0 Å². The highest BCUT2D eigenvalue weighted by Gasteiger charge is 2.31. The Hall–Kier alpha value is -2.02. The van der Waals surface area contributed by atoms with Crippen LogP contribution in [-0.2, 0) is 0 Å². The van der Waals surface area contributed by atoms with E-state index in [9.17, 15) is 4.79 Å². The van der Waals surface area contributed by atoms with Crippen LogP contribution in [0, 0.1) is 23.7 Å². The monoisotopic (exact) mass is 231 g/mol. The minimum Gasteiger partial charge on any atom is -0.454 e. The first-order valence-corrected chi connectivity index (χ1v) is 5.32. The van der Waals surface area contributed by atoms with Crippen LogP contribution in [0.5, 0.6) is 11.5 Å². The number of nitriles is 1. The highest BCUT2D eigenvalue weighted by molar-refractivity contribution is 6.03. The first kappa shape index (κ1) is 11.5. The molecule has 0 unspecified atom stereocenters. The first-order valence-electron chi connectivity index (χ1n) is 5.32. The molecule has 1 heterocycles. The lowest BCUT2D eigenvalue weighted by Gasteiger charge is -2.15. The van der Waals surface area contributed by atoms with E-state index in [1.807, 2.05) is 13.0 Å². The molecule has 4 heteroatoms. The highest BCUT2D eigenvalue weighted by Crippen LogP contribution is 2.36. The molecule has 0 bridgehead atoms. The number of hydrogen-bond donors (Lipinski definition) is 0. The molecular formula is C13H13NO3. The number of Topliss-reactive ketones (excluding diaryl/α,β-unsaturated/α-hetero) is 1. The van der Waals surface area contributed by atoms with Crippen molar-refractivity contribution < 1.29 is 14.3 Å². The third kappa shape index (κ3) is 1.84. The SMILES string of the molecule is Cc1cc2c(cc1C(=O)C(C)(C)C#N)OCO2. The summed E-state index contributed by atoms with van der Waals surface area (Å²) >= 11 is 0. The maximum Gasteiger partial charge on any atom is 0.231 e. The summed E-state index contributed by atoms with van der Waals surface area (Å²) in [6.07, 6.45) is 0. The van der Waals surface area contributed by atoms with Gasteiger partial charge in [0.1, 0.15) is 5.41 Å². The molecule has 0 radical (unpaired) electrons. The average Bonchev–Trinajstić information content (AvgIpc) is 2.73. The number of fused-ring (bicyclic) bond motifs is 1. The van der Waals surface area contributed by atoms with E-state index in [0.717, 1.165) is 5.56 Å². The molecule has 4 nitrogen and oxygen atoms in total. The summed E-state index contributed by atoms with van der Waals surface area (Å²) in [6, 6.07) is 5.43. The van der Waals surface area contributed by atoms with Crippen molar-refractivity contribution in [3.8, 4) is 17.6 Å². The van der Waals surface area contributed by atoms with Gasteiger partial charge in [0.15, 0.2) is 17.3 Å². The zero-order valence-corrected chi connectivity index (χ0v) is 10.0. The highest BCUT2D eigenvalue weighted by atomic mass is 16.7. The topological polar surface area (TPSA) is 59.3 Å². The van der Waals surface area contributed by atoms with Crippen molar-refractivity contribution in [2.45, 2.75) is 20.8 Å². The second-order valence-electron chi connectivity index (χ2n) is 4.59. The molecular weight excluding hydrogens is 218 g/mol. The van der Waals surface area contributed by atoms with Gasteiger partial charge in [0.2, 0.25) is 6.79 Å². The zero-order valence-electron chi connectivity index (χ0n) is 10.0. The molecule has 1 aliphatic heterocycles. The Morgan fingerprint density at radius 2 is 1.94 bits per heavy atom. The fourth-order valence-corrected chi connectivity index (χ4v) is 1.68. The number of carbonyl (C=O) groups excluding carboxylic acids is 1. The molecule has 1 aliphatic rings. The van der Waals surface area contributed by atoms with Crippen molar-refractivity contribution in [2.75, 3.05) is 6.79 Å². The lowest BCUT2D eigenvalue weighted by atomic mass is 9.84. The van der Waals surface area contributed by atoms with Gasteiger partial charge in [-0.05, 0) is 38.5 Å². The maximum absolute atomic E-state index is 12.2. The molecule has 88 valence electrons. The molecule has 0 atom stereocenters. The van der Waals surface area contributed by atoms with E-state index in [1.54, 1.807) is 26.0 Å². The van der Waals surface area contributed by atoms with Crippen molar-refractivity contribution in [3.05, 3.63) is 23.3 Å². The van der Waals surface area contributed by atoms with E-state index >= 15 is 0 Å². The van der Waals surface area contributed by atoms with Crippen LogP contribution in [0.2, 0.25) is 0 Å². The zero-order chi connectivity index (χ0) is 12.6. The fraction of sp³-hybridized carbons (Fsp3) is 0.385. The number of hydrogen-bond acceptors (Lipinski definition) is 4. The van der Waals surface area contributed by atoms with Crippen LogP contribution in [0.4, 0.5) is 0 Å². The van der Waals surface area contributed by atoms with E-state index in [0.29, 0.717) is 17.1 Å². The van der Waals surface area contributed by atoms with Crippen molar-refractivity contribution >= 4 is 5.78 Å². The van der Waals surface area contributed by atoms with E-state index in [-0.39, 0.29) is 12.6 Å². The molecule has 0 saturated heterocycles. The average molecular weight is 231 g/mol. The normalized spacial score (nSPS) is 13.3. The third-order valence-corrected chi connectivity index (χ3v) is 2.81. The molecule has 0 saturated carbocycles. The van der Waals surface area contributed by atoms with Crippen molar-refractivity contribution in [3.63, 3.8) is 0 Å². The smallest absolute Gasteiger partial charge is 0.231 e. The van der Waals surface area contributed by atoms with Gasteiger partial charge < -0.3 is 9.47 Å². The largest absolute Gasteiger partial charge is 0.454 e. The maximum atomic E-state index is 12.2. The summed E-state index contributed by atoms with van der Waals surface area (Å²) in [7, 11) is 0. The van der Waals surface area contributed by atoms with Crippen LogP contribution < -0.4 is 9.47 Å². The van der Waals surface area contributed by atoms with E-state index in [2.05, 4.69) is 0 Å². The van der Waals surface area contributed by atoms with Gasteiger partial charge in [0.25, 0.3) is 0 Å². The third-order valence-electron chi connectivity index (χ3n) is 2.81. The molecule has 1 aromatic rings. The van der Waals surface area contributed by atoms with Crippen molar-refractivity contribution in [2.24, 2.45) is 5.41 Å². The Bertz CT molecular complexity index is 526. The molecule has 0 N–H and O–H groups in total. The van der Waals surface area contributed by atoms with Crippen molar-refractivity contribution in [1.29, 1.82) is 5.26 Å². The number of ether oxygens (including phenoxy) is 2. The van der Waals surface area contributed by atoms with E-state index in [1.165, 1.54) is 0 Å². The Kier molecular flexibility index (Phi) is 2.55. The number of rotatable bonds is 2. The van der Waals surface area contributed by atoms with Crippen LogP contribution in [0.1, 0.15) is 29.8 Å². The molecule has 0 spiro atoms. The minimum atomic E-state index is -1.03. The second-order valence-corrected chi connectivity index (χ2v) is 4.59. The number of ketones is 1. The Labute approximate surface area is 99.8 Å². The Morgan fingerprint density at radius 3 is 2.53 bits per heavy atom. The predicted molar refractivity (Wildman–Crippen MR) is 61.0 cm³/mol. The molecule has 0 fully saturated rings. The Morgan fingerprint density at radius 1 is 1.35 bits per heavy atom. The van der Waals surface area contributed by atoms with Crippen LogP contribution in [0.15, 0.2) is 12.1 Å². The van der Waals surface area contributed by atoms with Gasteiger partial charge in [-0.3, -0.25) is 4.79 Å². The predicted octanol–water partition coefficient (Wildman–Crippen LogP) is 2.46. The fourth-order valence-electron chi connectivity index (χ4n) is 1.68. The summed E-state index contributed by atoms with van der Waals surface area (Å²) in [5.41, 5.74) is 0.279. The molecule has 17 heavy (non-hydrogen) atoms. The van der Waals surface area contributed by atoms with Crippen molar-refractivity contribution in [1.82, 2.24) is 0 Å². The number of nitrogens with zero attached hydrogens (tertiary/aromatic N) is 1. The van der Waals surface area contributed by atoms with Gasteiger partial charge in [0, 0.05) is 5.56 Å². The summed E-state index contributed by atoms with van der Waals surface area (Å²) in [5, 5.41) is 8.98. The molecule has 0 amide bonds. The van der Waals surface area contributed by atoms with Gasteiger partial charge in [-0.15, -0.1) is 0 Å². The van der Waals surface area contributed by atoms with E-state index in [4.69, 9.17) is 14.7 Å². The summed E-state index contributed by atoms with van der Waals surface area (Å²) < 4.78 is 10.5. The number of aryl methyl sites for hydroxylation is 1. The number of carbonyl (C=O) groups is 1. The van der Waals surface area contributed by atoms with Crippen LogP contribution >= 0.6 is 0 Å². The van der Waals surface area contributed by atoms with Crippen LogP contribution in [0.3, 0.4) is 0 Å². The van der Waals surface area contributed by atoms with Gasteiger partial charge >= 0.3 is 0 Å². The Balaban J connectivity index is 2.48. The number of benzene rings is 1. The second kappa shape index (κ2) is 3.77. The lowest BCUT2D eigenvalue weighted by molar-refractivity contribution is 0.0891. The molecule has 0 aromatic heterocycles. The minimum absolute atomic E-state index is 0.175. The quantitative estimate of drug-likeness (QED) is 0.733. The molecule has 1 aromatic carbocycles. The van der Waals surface area contributed by atoms with Crippen LogP contribution in [-0.4, -0.2) is 12.6 Å². The standard InChI is InChI=1S/C13H13NO3/c1-8-4-10-11(17-7-16-10)5-9(8)12(15)13(2,3)6-14/h4-5H,7H2,1-3H3. The summed E-state index contributed by atoms with van der Waals surface area (Å²) in [6.45, 7) is 5.22. The summed E-state index contributed by atoms with van der Waals surface area (Å²) in [4.78, 5) is 12.2. The molecule has 0 aliphatic carbocycles. The first-order chi connectivity index (χ1) is 7.95. The van der Waals surface area contributed by atoms with Crippen LogP contribution in [0.25, 0.3) is 0 Å². The molecule has 2 rings (SSSR count).